The van der Waals surface area contributed by atoms with E-state index in [1.165, 1.54) is 7.11 Å². The van der Waals surface area contributed by atoms with Crippen LogP contribution in [0.5, 0.6) is 5.75 Å². The van der Waals surface area contributed by atoms with E-state index in [9.17, 15) is 9.59 Å². The number of halogens is 1. The van der Waals surface area contributed by atoms with Crippen molar-refractivity contribution >= 4 is 40.4 Å². The van der Waals surface area contributed by atoms with Gasteiger partial charge in [-0.15, -0.1) is 10.2 Å². The Balaban J connectivity index is 1.60. The Labute approximate surface area is 164 Å². The maximum absolute atomic E-state index is 12.3. The average Bonchev–Trinajstić information content (AvgIpc) is 3.15. The Hall–Kier alpha value is -2.97. The zero-order valence-electron chi connectivity index (χ0n) is 14.2. The lowest BCUT2D eigenvalue weighted by molar-refractivity contribution is 0.0947. The van der Waals surface area contributed by atoms with Crippen LogP contribution in [0.1, 0.15) is 25.2 Å². The van der Waals surface area contributed by atoms with Crippen molar-refractivity contribution in [3.05, 3.63) is 69.1 Å². The summed E-state index contributed by atoms with van der Waals surface area (Å²) in [6.45, 7) is 0.152. The second-order valence-electron chi connectivity index (χ2n) is 5.35. The molecule has 2 amide bonds. The molecular weight excluding hydrogens is 388 g/mol. The zero-order chi connectivity index (χ0) is 19.2. The summed E-state index contributed by atoms with van der Waals surface area (Å²) in [4.78, 5) is 24.5. The fraction of sp³-hybridized carbons (Fsp3) is 0.111. The summed E-state index contributed by atoms with van der Waals surface area (Å²) in [5.74, 6) is -0.210. The lowest BCUT2D eigenvalue weighted by atomic mass is 10.2. The second kappa shape index (κ2) is 8.61. The van der Waals surface area contributed by atoms with Crippen molar-refractivity contribution in [3.8, 4) is 5.75 Å². The molecule has 7 nitrogen and oxygen atoms in total. The van der Waals surface area contributed by atoms with Crippen LogP contribution in [0.3, 0.4) is 0 Å². The predicted molar refractivity (Wildman–Crippen MR) is 103 cm³/mol. The summed E-state index contributed by atoms with van der Waals surface area (Å²) in [6, 6.07) is 13.7. The fourth-order valence-corrected chi connectivity index (χ4v) is 3.12. The lowest BCUT2D eigenvalue weighted by Gasteiger charge is -2.07. The molecule has 0 saturated heterocycles. The number of ether oxygens (including phenoxy) is 1. The molecule has 27 heavy (non-hydrogen) atoms. The summed E-state index contributed by atoms with van der Waals surface area (Å²) in [6.07, 6.45) is 0. The molecule has 138 valence electrons. The summed E-state index contributed by atoms with van der Waals surface area (Å²) in [5, 5.41) is 14.5. The second-order valence-corrected chi connectivity index (χ2v) is 6.85. The molecule has 0 aliphatic rings. The molecule has 0 fully saturated rings. The molecule has 0 aliphatic heterocycles. The van der Waals surface area contributed by atoms with Crippen molar-refractivity contribution in [1.29, 1.82) is 0 Å². The van der Waals surface area contributed by atoms with Gasteiger partial charge in [-0.3, -0.25) is 9.59 Å². The van der Waals surface area contributed by atoms with Crippen LogP contribution < -0.4 is 15.4 Å². The lowest BCUT2D eigenvalue weighted by Crippen LogP contribution is -2.23. The Morgan fingerprint density at radius 3 is 2.70 bits per heavy atom. The summed E-state index contributed by atoms with van der Waals surface area (Å²) in [5.41, 5.74) is 0.983. The third-order valence-corrected chi connectivity index (χ3v) is 4.65. The molecule has 1 heterocycles. The average molecular weight is 403 g/mol. The van der Waals surface area contributed by atoms with E-state index in [4.69, 9.17) is 16.3 Å². The molecule has 0 saturated carbocycles. The van der Waals surface area contributed by atoms with Crippen molar-refractivity contribution < 1.29 is 14.3 Å². The third kappa shape index (κ3) is 4.81. The van der Waals surface area contributed by atoms with Gasteiger partial charge in [-0.25, -0.2) is 0 Å². The highest BCUT2D eigenvalue weighted by molar-refractivity contribution is 7.13. The first-order valence-electron chi connectivity index (χ1n) is 7.87. The van der Waals surface area contributed by atoms with Gasteiger partial charge in [-0.05, 0) is 30.3 Å². The number of carbonyl (C=O) groups is 2. The van der Waals surface area contributed by atoms with Crippen LogP contribution in [0.25, 0.3) is 0 Å². The molecule has 2 N–H and O–H groups in total. The summed E-state index contributed by atoms with van der Waals surface area (Å²) in [7, 11) is 1.50. The molecular formula is C18H15ClN4O3S. The number of aromatic nitrogens is 2. The van der Waals surface area contributed by atoms with Gasteiger partial charge in [0.2, 0.25) is 5.01 Å². The first kappa shape index (κ1) is 18.8. The number of para-hydroxylation sites is 1. The topological polar surface area (TPSA) is 93.2 Å². The van der Waals surface area contributed by atoms with Crippen LogP contribution in [-0.4, -0.2) is 29.1 Å². The highest BCUT2D eigenvalue weighted by Gasteiger charge is 2.15. The van der Waals surface area contributed by atoms with E-state index < -0.39 is 5.91 Å². The standard InChI is InChI=1S/C18H15ClN4O3S/c1-26-14-8-3-2-7-13(14)16(24)20-10-15-22-23-18(27-15)17(25)21-12-6-4-5-11(19)9-12/h2-9H,10H2,1H3,(H,20,24)(H,21,25). The van der Waals surface area contributed by atoms with Crippen LogP contribution >= 0.6 is 22.9 Å². The smallest absolute Gasteiger partial charge is 0.286 e. The van der Waals surface area contributed by atoms with Crippen LogP contribution in [0.2, 0.25) is 5.02 Å². The third-order valence-electron chi connectivity index (χ3n) is 3.50. The molecule has 0 radical (unpaired) electrons. The summed E-state index contributed by atoms with van der Waals surface area (Å²) >= 11 is 6.99. The van der Waals surface area contributed by atoms with E-state index in [1.807, 2.05) is 0 Å². The van der Waals surface area contributed by atoms with Gasteiger partial charge in [0.25, 0.3) is 11.8 Å². The van der Waals surface area contributed by atoms with Crippen molar-refractivity contribution in [2.75, 3.05) is 12.4 Å². The fourth-order valence-electron chi connectivity index (χ4n) is 2.25. The highest BCUT2D eigenvalue weighted by Crippen LogP contribution is 2.19. The van der Waals surface area contributed by atoms with Gasteiger partial charge in [0.15, 0.2) is 0 Å². The van der Waals surface area contributed by atoms with Crippen LogP contribution in [-0.2, 0) is 6.54 Å². The van der Waals surface area contributed by atoms with E-state index in [-0.39, 0.29) is 17.5 Å². The molecule has 0 spiro atoms. The number of hydrogen-bond donors (Lipinski definition) is 2. The minimum Gasteiger partial charge on any atom is -0.496 e. The number of nitrogens with one attached hydrogen (secondary N) is 2. The van der Waals surface area contributed by atoms with Gasteiger partial charge in [0, 0.05) is 10.7 Å². The van der Waals surface area contributed by atoms with Gasteiger partial charge in [-0.2, -0.15) is 0 Å². The molecule has 2 aromatic carbocycles. The van der Waals surface area contributed by atoms with Crippen molar-refractivity contribution in [2.24, 2.45) is 0 Å². The van der Waals surface area contributed by atoms with Crippen LogP contribution in [0, 0.1) is 0 Å². The number of rotatable bonds is 6. The van der Waals surface area contributed by atoms with Crippen molar-refractivity contribution in [2.45, 2.75) is 6.54 Å². The number of anilines is 1. The molecule has 1 aromatic heterocycles. The van der Waals surface area contributed by atoms with Gasteiger partial charge in [-0.1, -0.05) is 41.1 Å². The monoisotopic (exact) mass is 402 g/mol. The maximum atomic E-state index is 12.3. The number of hydrogen-bond acceptors (Lipinski definition) is 6. The SMILES string of the molecule is COc1ccccc1C(=O)NCc1nnc(C(=O)Nc2cccc(Cl)c2)s1. The molecule has 3 aromatic rings. The van der Waals surface area contributed by atoms with E-state index in [2.05, 4.69) is 20.8 Å². The minimum atomic E-state index is -0.392. The molecule has 0 atom stereocenters. The number of methoxy groups -OCH3 is 1. The largest absolute Gasteiger partial charge is 0.496 e. The molecule has 0 aliphatic carbocycles. The Morgan fingerprint density at radius 2 is 1.93 bits per heavy atom. The number of benzene rings is 2. The Kier molecular flexibility index (Phi) is 6.00. The minimum absolute atomic E-state index is 0.152. The number of amides is 2. The van der Waals surface area contributed by atoms with E-state index in [0.29, 0.717) is 27.0 Å². The normalized spacial score (nSPS) is 10.3. The Bertz CT molecular complexity index is 977. The predicted octanol–water partition coefficient (Wildman–Crippen LogP) is 3.38. The zero-order valence-corrected chi connectivity index (χ0v) is 15.8. The van der Waals surface area contributed by atoms with Gasteiger partial charge >= 0.3 is 0 Å². The molecule has 3 rings (SSSR count). The highest BCUT2D eigenvalue weighted by atomic mass is 35.5. The van der Waals surface area contributed by atoms with Gasteiger partial charge in [0.05, 0.1) is 19.2 Å². The quantitative estimate of drug-likeness (QED) is 0.659. The number of carbonyl (C=O) groups excluding carboxylic acids is 2. The first-order valence-corrected chi connectivity index (χ1v) is 9.07. The first-order chi connectivity index (χ1) is 13.1. The molecule has 9 heteroatoms. The maximum Gasteiger partial charge on any atom is 0.286 e. The van der Waals surface area contributed by atoms with E-state index in [0.717, 1.165) is 11.3 Å². The van der Waals surface area contributed by atoms with Crippen molar-refractivity contribution in [3.63, 3.8) is 0 Å². The van der Waals surface area contributed by atoms with Crippen LogP contribution in [0.4, 0.5) is 5.69 Å². The van der Waals surface area contributed by atoms with Crippen LogP contribution in [0.15, 0.2) is 48.5 Å². The molecule has 0 bridgehead atoms. The number of nitrogens with zero attached hydrogens (tertiary/aromatic N) is 2. The van der Waals surface area contributed by atoms with Crippen molar-refractivity contribution in [1.82, 2.24) is 15.5 Å². The molecule has 0 unspecified atom stereocenters. The summed E-state index contributed by atoms with van der Waals surface area (Å²) < 4.78 is 5.17. The Morgan fingerprint density at radius 1 is 1.11 bits per heavy atom. The van der Waals surface area contributed by atoms with Gasteiger partial charge in [0.1, 0.15) is 10.8 Å². The van der Waals surface area contributed by atoms with E-state index in [1.54, 1.807) is 48.5 Å². The van der Waals surface area contributed by atoms with E-state index >= 15 is 0 Å². The van der Waals surface area contributed by atoms with Gasteiger partial charge < -0.3 is 15.4 Å².